The molecule has 3 aromatic carbocycles. The van der Waals surface area contributed by atoms with Crippen LogP contribution in [0.25, 0.3) is 10.2 Å². The fraction of sp³-hybridized carbons (Fsp3) is 0.200. The van der Waals surface area contributed by atoms with E-state index in [1.54, 1.807) is 30.6 Å². The molecule has 164 valence electrons. The van der Waals surface area contributed by atoms with E-state index in [9.17, 15) is 9.90 Å². The van der Waals surface area contributed by atoms with Gasteiger partial charge in [0.2, 0.25) is 0 Å². The van der Waals surface area contributed by atoms with Crippen molar-refractivity contribution in [3.63, 3.8) is 0 Å². The summed E-state index contributed by atoms with van der Waals surface area (Å²) in [5, 5.41) is 10.8. The fourth-order valence-corrected chi connectivity index (χ4v) is 4.81. The molecule has 0 aliphatic carbocycles. The molecule has 0 amide bonds. The van der Waals surface area contributed by atoms with Crippen LogP contribution in [0.5, 0.6) is 5.75 Å². The second kappa shape index (κ2) is 9.59. The highest BCUT2D eigenvalue weighted by Gasteiger charge is 2.20. The Morgan fingerprint density at radius 2 is 1.84 bits per heavy atom. The predicted octanol–water partition coefficient (Wildman–Crippen LogP) is 6.47. The van der Waals surface area contributed by atoms with Gasteiger partial charge in [0, 0.05) is 11.6 Å². The van der Waals surface area contributed by atoms with Crippen molar-refractivity contribution in [2.24, 2.45) is 0 Å². The molecule has 0 aliphatic rings. The van der Waals surface area contributed by atoms with Crippen molar-refractivity contribution in [3.05, 3.63) is 88.4 Å². The molecular formula is C25H23ClN2O3S. The Balaban J connectivity index is 1.64. The molecule has 0 radical (unpaired) electrons. The van der Waals surface area contributed by atoms with Crippen LogP contribution in [-0.4, -0.2) is 29.7 Å². The van der Waals surface area contributed by atoms with Crippen LogP contribution in [0.3, 0.4) is 0 Å². The number of ether oxygens (including phenoxy) is 1. The standard InChI is InChI=1S/C25H23ClN2O3S/c1-16(18-5-7-19(8-6-18)24(29)30)28(14-13-17-3-10-21(31-2)11-4-17)25-27-22-15-20(26)9-12-23(22)32-25/h3-12,15-16H,13-14H2,1-2H3,(H,29,30). The third kappa shape index (κ3) is 4.87. The van der Waals surface area contributed by atoms with Crippen LogP contribution in [0.15, 0.2) is 66.7 Å². The lowest BCUT2D eigenvalue weighted by Gasteiger charge is -2.29. The summed E-state index contributed by atoms with van der Waals surface area (Å²) in [6, 6.07) is 20.9. The summed E-state index contributed by atoms with van der Waals surface area (Å²) in [5.41, 5.74) is 3.39. The van der Waals surface area contributed by atoms with Crippen molar-refractivity contribution in [2.75, 3.05) is 18.6 Å². The zero-order chi connectivity index (χ0) is 22.7. The summed E-state index contributed by atoms with van der Waals surface area (Å²) >= 11 is 7.79. The number of anilines is 1. The average molecular weight is 467 g/mol. The lowest BCUT2D eigenvalue weighted by Crippen LogP contribution is -2.29. The van der Waals surface area contributed by atoms with E-state index in [-0.39, 0.29) is 11.6 Å². The maximum atomic E-state index is 11.2. The van der Waals surface area contributed by atoms with Crippen molar-refractivity contribution in [2.45, 2.75) is 19.4 Å². The molecule has 1 unspecified atom stereocenters. The van der Waals surface area contributed by atoms with Gasteiger partial charge in [-0.15, -0.1) is 0 Å². The summed E-state index contributed by atoms with van der Waals surface area (Å²) in [6.07, 6.45) is 0.832. The van der Waals surface area contributed by atoms with E-state index >= 15 is 0 Å². The Morgan fingerprint density at radius 3 is 2.50 bits per heavy atom. The molecule has 1 N–H and O–H groups in total. The summed E-state index contributed by atoms with van der Waals surface area (Å²) < 4.78 is 6.33. The summed E-state index contributed by atoms with van der Waals surface area (Å²) in [7, 11) is 1.66. The third-order valence-corrected chi connectivity index (χ3v) is 6.80. The van der Waals surface area contributed by atoms with Crippen molar-refractivity contribution in [3.8, 4) is 5.75 Å². The largest absolute Gasteiger partial charge is 0.497 e. The Bertz CT molecular complexity index is 1220. The molecule has 0 saturated heterocycles. The number of nitrogens with zero attached hydrogens (tertiary/aromatic N) is 2. The molecule has 0 saturated carbocycles. The number of aromatic nitrogens is 1. The number of carboxylic acids is 1. The number of carbonyl (C=O) groups is 1. The van der Waals surface area contributed by atoms with E-state index in [0.29, 0.717) is 5.02 Å². The highest BCUT2D eigenvalue weighted by atomic mass is 35.5. The number of hydrogen-bond donors (Lipinski definition) is 1. The number of benzene rings is 3. The van der Waals surface area contributed by atoms with Gasteiger partial charge in [-0.3, -0.25) is 0 Å². The lowest BCUT2D eigenvalue weighted by molar-refractivity contribution is 0.0697. The number of halogens is 1. The van der Waals surface area contributed by atoms with Crippen molar-refractivity contribution in [1.29, 1.82) is 0 Å². The molecular weight excluding hydrogens is 444 g/mol. The summed E-state index contributed by atoms with van der Waals surface area (Å²) in [6.45, 7) is 2.87. The van der Waals surface area contributed by atoms with Gasteiger partial charge in [0.1, 0.15) is 5.75 Å². The highest BCUT2D eigenvalue weighted by molar-refractivity contribution is 7.22. The fourth-order valence-electron chi connectivity index (χ4n) is 3.59. The molecule has 32 heavy (non-hydrogen) atoms. The number of fused-ring (bicyclic) bond motifs is 1. The van der Waals surface area contributed by atoms with Crippen LogP contribution < -0.4 is 9.64 Å². The first-order chi connectivity index (χ1) is 15.4. The van der Waals surface area contributed by atoms with Gasteiger partial charge in [-0.05, 0) is 66.9 Å². The molecule has 1 atom stereocenters. The first-order valence-electron chi connectivity index (χ1n) is 10.2. The Kier molecular flexibility index (Phi) is 6.63. The van der Waals surface area contributed by atoms with Crippen LogP contribution in [0.4, 0.5) is 5.13 Å². The zero-order valence-corrected chi connectivity index (χ0v) is 19.4. The smallest absolute Gasteiger partial charge is 0.335 e. The topological polar surface area (TPSA) is 62.7 Å². The summed E-state index contributed by atoms with van der Waals surface area (Å²) in [5.74, 6) is -0.0934. The van der Waals surface area contributed by atoms with Crippen LogP contribution >= 0.6 is 22.9 Å². The molecule has 5 nitrogen and oxygen atoms in total. The van der Waals surface area contributed by atoms with Crippen molar-refractivity contribution < 1.29 is 14.6 Å². The number of aromatic carboxylic acids is 1. The van der Waals surface area contributed by atoms with Gasteiger partial charge in [0.05, 0.1) is 28.9 Å². The maximum absolute atomic E-state index is 11.2. The Hall–Kier alpha value is -3.09. The van der Waals surface area contributed by atoms with Crippen molar-refractivity contribution >= 4 is 44.3 Å². The molecule has 4 aromatic rings. The number of rotatable bonds is 8. The van der Waals surface area contributed by atoms with Gasteiger partial charge in [0.15, 0.2) is 5.13 Å². The first kappa shape index (κ1) is 22.1. The second-order valence-corrected chi connectivity index (χ2v) is 8.95. The molecule has 0 spiro atoms. The minimum atomic E-state index is -0.927. The molecule has 7 heteroatoms. The van der Waals surface area contributed by atoms with E-state index in [4.69, 9.17) is 21.3 Å². The number of thiazole rings is 1. The Labute approximate surface area is 195 Å². The van der Waals surface area contributed by atoms with Crippen LogP contribution in [-0.2, 0) is 6.42 Å². The first-order valence-corrected chi connectivity index (χ1v) is 11.4. The zero-order valence-electron chi connectivity index (χ0n) is 17.8. The molecule has 1 heterocycles. The van der Waals surface area contributed by atoms with E-state index in [1.165, 1.54) is 5.56 Å². The molecule has 1 aromatic heterocycles. The minimum Gasteiger partial charge on any atom is -0.497 e. The monoisotopic (exact) mass is 466 g/mol. The molecule has 0 bridgehead atoms. The van der Waals surface area contributed by atoms with Gasteiger partial charge in [-0.25, -0.2) is 9.78 Å². The quantitative estimate of drug-likeness (QED) is 0.322. The van der Waals surface area contributed by atoms with E-state index in [0.717, 1.165) is 39.6 Å². The van der Waals surface area contributed by atoms with Crippen LogP contribution in [0.1, 0.15) is 34.5 Å². The molecule has 4 rings (SSSR count). The molecule has 0 aliphatic heterocycles. The number of hydrogen-bond acceptors (Lipinski definition) is 5. The van der Waals surface area contributed by atoms with Gasteiger partial charge in [0.25, 0.3) is 0 Å². The highest BCUT2D eigenvalue weighted by Crippen LogP contribution is 2.35. The number of methoxy groups -OCH3 is 1. The third-order valence-electron chi connectivity index (χ3n) is 5.49. The predicted molar refractivity (Wildman–Crippen MR) is 130 cm³/mol. The van der Waals surface area contributed by atoms with Crippen LogP contribution in [0.2, 0.25) is 5.02 Å². The van der Waals surface area contributed by atoms with Gasteiger partial charge >= 0.3 is 5.97 Å². The van der Waals surface area contributed by atoms with Crippen molar-refractivity contribution in [1.82, 2.24) is 4.98 Å². The van der Waals surface area contributed by atoms with Gasteiger partial charge in [-0.2, -0.15) is 0 Å². The minimum absolute atomic E-state index is 0.00660. The maximum Gasteiger partial charge on any atom is 0.335 e. The Morgan fingerprint density at radius 1 is 1.12 bits per heavy atom. The van der Waals surface area contributed by atoms with E-state index < -0.39 is 5.97 Å². The van der Waals surface area contributed by atoms with E-state index in [2.05, 4.69) is 24.0 Å². The van der Waals surface area contributed by atoms with E-state index in [1.807, 2.05) is 42.5 Å². The number of carboxylic acid groups (broad SMARTS) is 1. The SMILES string of the molecule is COc1ccc(CCN(c2nc3cc(Cl)ccc3s2)C(C)c2ccc(C(=O)O)cc2)cc1. The van der Waals surface area contributed by atoms with Crippen LogP contribution in [0, 0.1) is 0 Å². The van der Waals surface area contributed by atoms with Gasteiger partial charge in [-0.1, -0.05) is 47.2 Å². The molecule has 0 fully saturated rings. The lowest BCUT2D eigenvalue weighted by atomic mass is 10.0. The second-order valence-electron chi connectivity index (χ2n) is 7.50. The normalized spacial score (nSPS) is 12.0. The summed E-state index contributed by atoms with van der Waals surface area (Å²) in [4.78, 5) is 18.3. The van der Waals surface area contributed by atoms with Gasteiger partial charge < -0.3 is 14.7 Å². The average Bonchev–Trinajstić information content (AvgIpc) is 3.22.